The first kappa shape index (κ1) is 20.7. The van der Waals surface area contributed by atoms with Gasteiger partial charge in [0.05, 0.1) is 24.2 Å². The molecule has 30 heavy (non-hydrogen) atoms. The topological polar surface area (TPSA) is 101 Å². The minimum Gasteiger partial charge on any atom is -0.378 e. The Hall–Kier alpha value is -2.59. The van der Waals surface area contributed by atoms with E-state index in [4.69, 9.17) is 4.74 Å². The van der Waals surface area contributed by atoms with Crippen LogP contribution in [0.4, 0.5) is 10.7 Å². The molecular weight excluding hydrogens is 404 g/mol. The number of urea groups is 1. The molecule has 1 aromatic heterocycles. The van der Waals surface area contributed by atoms with Crippen molar-refractivity contribution in [1.82, 2.24) is 25.4 Å². The SMILES string of the molecule is Cc1ccc(-n2c(SC(C)C(=O)NC(=O)NC3CC3)nnc2N2CCOCC2)cc1. The zero-order chi connectivity index (χ0) is 21.1. The number of ether oxygens (including phenoxy) is 1. The summed E-state index contributed by atoms with van der Waals surface area (Å²) in [5.41, 5.74) is 2.08. The highest BCUT2D eigenvalue weighted by atomic mass is 32.2. The first-order valence-electron chi connectivity index (χ1n) is 10.1. The maximum Gasteiger partial charge on any atom is 0.321 e. The second-order valence-corrected chi connectivity index (χ2v) is 8.86. The summed E-state index contributed by atoms with van der Waals surface area (Å²) in [5, 5.41) is 14.0. The molecule has 1 atom stereocenters. The second kappa shape index (κ2) is 9.05. The maximum absolute atomic E-state index is 12.5. The monoisotopic (exact) mass is 430 g/mol. The molecule has 160 valence electrons. The number of amides is 3. The van der Waals surface area contributed by atoms with Crippen LogP contribution in [-0.4, -0.2) is 64.3 Å². The number of aryl methyl sites for hydroxylation is 1. The smallest absolute Gasteiger partial charge is 0.321 e. The third kappa shape index (κ3) is 4.93. The second-order valence-electron chi connectivity index (χ2n) is 7.55. The first-order chi connectivity index (χ1) is 14.5. The van der Waals surface area contributed by atoms with Gasteiger partial charge in [0.2, 0.25) is 11.9 Å². The molecule has 0 bridgehead atoms. The number of nitrogens with one attached hydrogen (secondary N) is 2. The van der Waals surface area contributed by atoms with Crippen molar-refractivity contribution in [2.24, 2.45) is 0 Å². The Morgan fingerprint density at radius 1 is 1.17 bits per heavy atom. The van der Waals surface area contributed by atoms with E-state index >= 15 is 0 Å². The number of carbonyl (C=O) groups is 2. The molecule has 2 fully saturated rings. The number of imide groups is 1. The van der Waals surface area contributed by atoms with Crippen molar-refractivity contribution in [3.63, 3.8) is 0 Å². The van der Waals surface area contributed by atoms with Gasteiger partial charge in [-0.25, -0.2) is 4.79 Å². The van der Waals surface area contributed by atoms with Crippen LogP contribution in [0.1, 0.15) is 25.3 Å². The number of aromatic nitrogens is 3. The van der Waals surface area contributed by atoms with Gasteiger partial charge in [0.1, 0.15) is 0 Å². The van der Waals surface area contributed by atoms with Gasteiger partial charge in [0.25, 0.3) is 0 Å². The van der Waals surface area contributed by atoms with Crippen molar-refractivity contribution in [2.45, 2.75) is 43.1 Å². The van der Waals surface area contributed by atoms with Crippen LogP contribution in [0.2, 0.25) is 0 Å². The molecule has 2 N–H and O–H groups in total. The maximum atomic E-state index is 12.5. The Morgan fingerprint density at radius 2 is 1.87 bits per heavy atom. The predicted molar refractivity (Wildman–Crippen MR) is 114 cm³/mol. The number of nitrogens with zero attached hydrogens (tertiary/aromatic N) is 4. The van der Waals surface area contributed by atoms with E-state index in [0.717, 1.165) is 43.1 Å². The highest BCUT2D eigenvalue weighted by molar-refractivity contribution is 8.00. The van der Waals surface area contributed by atoms with Crippen molar-refractivity contribution in [1.29, 1.82) is 0 Å². The van der Waals surface area contributed by atoms with Crippen molar-refractivity contribution >= 4 is 29.6 Å². The van der Waals surface area contributed by atoms with E-state index in [1.54, 1.807) is 6.92 Å². The van der Waals surface area contributed by atoms with E-state index in [1.165, 1.54) is 11.8 Å². The molecule has 1 aliphatic heterocycles. The molecule has 4 rings (SSSR count). The average Bonchev–Trinajstić information content (AvgIpc) is 3.46. The number of rotatable bonds is 6. The molecular formula is C20H26N6O3S. The predicted octanol–water partition coefficient (Wildman–Crippen LogP) is 1.88. The average molecular weight is 431 g/mol. The Bertz CT molecular complexity index is 906. The van der Waals surface area contributed by atoms with Crippen LogP contribution in [0, 0.1) is 6.92 Å². The Kier molecular flexibility index (Phi) is 6.24. The molecule has 1 saturated heterocycles. The molecule has 9 nitrogen and oxygen atoms in total. The summed E-state index contributed by atoms with van der Waals surface area (Å²) < 4.78 is 7.42. The van der Waals surface area contributed by atoms with Crippen LogP contribution in [0.25, 0.3) is 5.69 Å². The van der Waals surface area contributed by atoms with E-state index in [-0.39, 0.29) is 11.9 Å². The third-order valence-corrected chi connectivity index (χ3v) is 6.05. The summed E-state index contributed by atoms with van der Waals surface area (Å²) in [7, 11) is 0. The number of hydrogen-bond donors (Lipinski definition) is 2. The van der Waals surface area contributed by atoms with E-state index in [2.05, 4.69) is 25.7 Å². The van der Waals surface area contributed by atoms with E-state index in [9.17, 15) is 9.59 Å². The van der Waals surface area contributed by atoms with Crippen molar-refractivity contribution in [3.05, 3.63) is 29.8 Å². The van der Waals surface area contributed by atoms with Crippen molar-refractivity contribution in [3.8, 4) is 5.69 Å². The summed E-state index contributed by atoms with van der Waals surface area (Å²) in [5.74, 6) is 0.369. The van der Waals surface area contributed by atoms with Gasteiger partial charge in [0, 0.05) is 19.1 Å². The summed E-state index contributed by atoms with van der Waals surface area (Å²) in [4.78, 5) is 26.5. The fourth-order valence-corrected chi connectivity index (χ4v) is 3.96. The molecule has 2 heterocycles. The highest BCUT2D eigenvalue weighted by Gasteiger charge is 2.27. The van der Waals surface area contributed by atoms with Gasteiger partial charge in [-0.1, -0.05) is 29.5 Å². The van der Waals surface area contributed by atoms with Gasteiger partial charge >= 0.3 is 6.03 Å². The molecule has 1 aliphatic carbocycles. The summed E-state index contributed by atoms with van der Waals surface area (Å²) in [6, 6.07) is 7.85. The number of morpholine rings is 1. The molecule has 1 saturated carbocycles. The first-order valence-corrected chi connectivity index (χ1v) is 11.0. The standard InChI is InChI=1S/C20H26N6O3S/c1-13-3-7-16(8-4-13)26-19(25-9-11-29-12-10-25)23-24-20(26)30-14(2)17(27)22-18(28)21-15-5-6-15/h3-4,7-8,14-15H,5-6,9-12H2,1-2H3,(H2,21,22,27,28). The lowest BCUT2D eigenvalue weighted by Gasteiger charge is -2.28. The van der Waals surface area contributed by atoms with E-state index in [1.807, 2.05) is 35.8 Å². The quantitative estimate of drug-likeness (QED) is 0.675. The van der Waals surface area contributed by atoms with Gasteiger partial charge in [0.15, 0.2) is 5.16 Å². The van der Waals surface area contributed by atoms with Crippen molar-refractivity contribution < 1.29 is 14.3 Å². The molecule has 3 amide bonds. The van der Waals surface area contributed by atoms with Crippen LogP contribution in [-0.2, 0) is 9.53 Å². The molecule has 1 unspecified atom stereocenters. The lowest BCUT2D eigenvalue weighted by Crippen LogP contribution is -2.43. The summed E-state index contributed by atoms with van der Waals surface area (Å²) in [6.45, 7) is 6.52. The van der Waals surface area contributed by atoms with Gasteiger partial charge in [-0.2, -0.15) is 0 Å². The Morgan fingerprint density at radius 3 is 2.53 bits per heavy atom. The van der Waals surface area contributed by atoms with Crippen LogP contribution < -0.4 is 15.5 Å². The highest BCUT2D eigenvalue weighted by Crippen LogP contribution is 2.30. The van der Waals surface area contributed by atoms with Gasteiger partial charge in [-0.15, -0.1) is 10.2 Å². The summed E-state index contributed by atoms with van der Waals surface area (Å²) >= 11 is 1.28. The Labute approximate surface area is 179 Å². The number of anilines is 1. The van der Waals surface area contributed by atoms with E-state index in [0.29, 0.717) is 18.4 Å². The van der Waals surface area contributed by atoms with Crippen LogP contribution in [0.5, 0.6) is 0 Å². The van der Waals surface area contributed by atoms with Gasteiger partial charge in [-0.05, 0) is 38.8 Å². The molecule has 2 aliphatic rings. The van der Waals surface area contributed by atoms with Crippen LogP contribution in [0.15, 0.2) is 29.4 Å². The normalized spacial score (nSPS) is 17.5. The summed E-state index contributed by atoms with van der Waals surface area (Å²) in [6.07, 6.45) is 1.94. The molecule has 10 heteroatoms. The fourth-order valence-electron chi connectivity index (χ4n) is 3.10. The molecule has 0 spiro atoms. The molecule has 2 aromatic rings. The number of carbonyl (C=O) groups excluding carboxylic acids is 2. The minimum absolute atomic E-state index is 0.196. The van der Waals surface area contributed by atoms with E-state index < -0.39 is 11.3 Å². The minimum atomic E-state index is -0.513. The largest absolute Gasteiger partial charge is 0.378 e. The number of thioether (sulfide) groups is 1. The zero-order valence-electron chi connectivity index (χ0n) is 17.1. The number of hydrogen-bond acceptors (Lipinski definition) is 7. The number of benzene rings is 1. The van der Waals surface area contributed by atoms with Crippen LogP contribution in [0.3, 0.4) is 0 Å². The molecule has 1 aromatic carbocycles. The lowest BCUT2D eigenvalue weighted by atomic mass is 10.2. The fraction of sp³-hybridized carbons (Fsp3) is 0.500. The Balaban J connectivity index is 1.54. The molecule has 0 radical (unpaired) electrons. The van der Waals surface area contributed by atoms with Crippen molar-refractivity contribution in [2.75, 3.05) is 31.2 Å². The zero-order valence-corrected chi connectivity index (χ0v) is 17.9. The third-order valence-electron chi connectivity index (χ3n) is 5.00. The van der Waals surface area contributed by atoms with Gasteiger partial charge in [-0.3, -0.25) is 14.7 Å². The van der Waals surface area contributed by atoms with Gasteiger partial charge < -0.3 is 15.0 Å². The van der Waals surface area contributed by atoms with Crippen LogP contribution >= 0.6 is 11.8 Å². The lowest BCUT2D eigenvalue weighted by molar-refractivity contribution is -0.119.